The number of carboxylic acids is 1. The lowest BCUT2D eigenvalue weighted by atomic mass is 10.2. The summed E-state index contributed by atoms with van der Waals surface area (Å²) in [5, 5.41) is 11.3. The second-order valence-corrected chi connectivity index (χ2v) is 4.67. The van der Waals surface area contributed by atoms with Crippen LogP contribution in [-0.2, 0) is 19.1 Å². The third-order valence-corrected chi connectivity index (χ3v) is 2.71. The normalized spacial score (nSPS) is 11.9. The van der Waals surface area contributed by atoms with Crippen molar-refractivity contribution in [2.75, 3.05) is 26.8 Å². The molecule has 0 aliphatic carbocycles. The SMILES string of the molecule is CCOC(=O)CN(C(=O)NCC(CC(=O)O)OC)C(C)C. The molecule has 0 saturated carbocycles. The van der Waals surface area contributed by atoms with E-state index in [1.54, 1.807) is 20.8 Å². The Balaban J connectivity index is 4.47. The van der Waals surface area contributed by atoms with Gasteiger partial charge in [0.05, 0.1) is 19.1 Å². The predicted molar refractivity (Wildman–Crippen MR) is 74.9 cm³/mol. The summed E-state index contributed by atoms with van der Waals surface area (Å²) in [7, 11) is 1.37. The van der Waals surface area contributed by atoms with E-state index >= 15 is 0 Å². The first-order chi connectivity index (χ1) is 9.81. The molecule has 0 fully saturated rings. The maximum absolute atomic E-state index is 12.0. The van der Waals surface area contributed by atoms with E-state index in [1.165, 1.54) is 12.0 Å². The number of methoxy groups -OCH3 is 1. The third-order valence-electron chi connectivity index (χ3n) is 2.71. The third kappa shape index (κ3) is 8.13. The Kier molecular flexibility index (Phi) is 9.11. The molecule has 0 aliphatic heterocycles. The number of aliphatic carboxylic acids is 1. The fourth-order valence-electron chi connectivity index (χ4n) is 1.57. The maximum Gasteiger partial charge on any atom is 0.325 e. The van der Waals surface area contributed by atoms with Crippen molar-refractivity contribution in [2.45, 2.75) is 39.3 Å². The second kappa shape index (κ2) is 9.98. The molecule has 0 bridgehead atoms. The van der Waals surface area contributed by atoms with Gasteiger partial charge in [-0.15, -0.1) is 0 Å². The molecular weight excluding hydrogens is 280 g/mol. The average molecular weight is 304 g/mol. The number of hydrogen-bond acceptors (Lipinski definition) is 5. The van der Waals surface area contributed by atoms with Gasteiger partial charge in [-0.1, -0.05) is 0 Å². The van der Waals surface area contributed by atoms with Gasteiger partial charge < -0.3 is 24.8 Å². The zero-order chi connectivity index (χ0) is 16.4. The minimum atomic E-state index is -1.01. The summed E-state index contributed by atoms with van der Waals surface area (Å²) in [6, 6.07) is -0.666. The average Bonchev–Trinajstić information content (AvgIpc) is 2.40. The Bertz CT molecular complexity index is 359. The monoisotopic (exact) mass is 304 g/mol. The second-order valence-electron chi connectivity index (χ2n) is 4.67. The number of carboxylic acid groups (broad SMARTS) is 1. The summed E-state index contributed by atoms with van der Waals surface area (Å²) in [4.78, 5) is 35.4. The van der Waals surface area contributed by atoms with Crippen molar-refractivity contribution in [3.63, 3.8) is 0 Å². The lowest BCUT2D eigenvalue weighted by Gasteiger charge is -2.26. The highest BCUT2D eigenvalue weighted by molar-refractivity contribution is 5.81. The van der Waals surface area contributed by atoms with Crippen molar-refractivity contribution in [3.05, 3.63) is 0 Å². The first-order valence-electron chi connectivity index (χ1n) is 6.76. The van der Waals surface area contributed by atoms with Gasteiger partial charge in [0.2, 0.25) is 0 Å². The summed E-state index contributed by atoms with van der Waals surface area (Å²) < 4.78 is 9.77. The molecule has 8 nitrogen and oxygen atoms in total. The summed E-state index contributed by atoms with van der Waals surface area (Å²) >= 11 is 0. The highest BCUT2D eigenvalue weighted by Crippen LogP contribution is 2.01. The van der Waals surface area contributed by atoms with E-state index in [1.807, 2.05) is 0 Å². The zero-order valence-corrected chi connectivity index (χ0v) is 12.9. The zero-order valence-electron chi connectivity index (χ0n) is 12.9. The number of hydrogen-bond donors (Lipinski definition) is 2. The molecule has 0 heterocycles. The maximum atomic E-state index is 12.0. The van der Waals surface area contributed by atoms with Crippen LogP contribution in [0.15, 0.2) is 0 Å². The van der Waals surface area contributed by atoms with Crippen LogP contribution >= 0.6 is 0 Å². The molecule has 21 heavy (non-hydrogen) atoms. The van der Waals surface area contributed by atoms with Crippen molar-refractivity contribution in [1.29, 1.82) is 0 Å². The lowest BCUT2D eigenvalue weighted by molar-refractivity contribution is -0.144. The van der Waals surface area contributed by atoms with Crippen molar-refractivity contribution in [1.82, 2.24) is 10.2 Å². The Morgan fingerprint density at radius 1 is 1.29 bits per heavy atom. The number of amides is 2. The Morgan fingerprint density at radius 3 is 2.33 bits per heavy atom. The van der Waals surface area contributed by atoms with Gasteiger partial charge in [0.25, 0.3) is 0 Å². The highest BCUT2D eigenvalue weighted by atomic mass is 16.5. The Hall–Kier alpha value is -1.83. The molecule has 0 aromatic heterocycles. The van der Waals surface area contributed by atoms with E-state index in [4.69, 9.17) is 14.6 Å². The molecule has 0 rings (SSSR count). The molecule has 1 unspecified atom stereocenters. The fourth-order valence-corrected chi connectivity index (χ4v) is 1.57. The van der Waals surface area contributed by atoms with Crippen molar-refractivity contribution in [3.8, 4) is 0 Å². The van der Waals surface area contributed by atoms with Gasteiger partial charge in [0.15, 0.2) is 0 Å². The summed E-state index contributed by atoms with van der Waals surface area (Å²) in [6.45, 7) is 5.36. The van der Waals surface area contributed by atoms with Crippen LogP contribution < -0.4 is 5.32 Å². The van der Waals surface area contributed by atoms with Gasteiger partial charge in [0, 0.05) is 19.7 Å². The summed E-state index contributed by atoms with van der Waals surface area (Å²) in [6.07, 6.45) is -0.834. The van der Waals surface area contributed by atoms with Crippen LogP contribution in [0.5, 0.6) is 0 Å². The van der Waals surface area contributed by atoms with Gasteiger partial charge in [-0.3, -0.25) is 9.59 Å². The number of nitrogens with zero attached hydrogens (tertiary/aromatic N) is 1. The van der Waals surface area contributed by atoms with E-state index in [9.17, 15) is 14.4 Å². The number of rotatable bonds is 9. The van der Waals surface area contributed by atoms with Crippen LogP contribution in [0, 0.1) is 0 Å². The van der Waals surface area contributed by atoms with Gasteiger partial charge >= 0.3 is 18.0 Å². The van der Waals surface area contributed by atoms with Crippen LogP contribution in [-0.4, -0.2) is 66.9 Å². The molecule has 0 aromatic carbocycles. The molecular formula is C13H24N2O6. The number of ether oxygens (including phenoxy) is 2. The van der Waals surface area contributed by atoms with Crippen molar-refractivity contribution in [2.24, 2.45) is 0 Å². The quantitative estimate of drug-likeness (QED) is 0.600. The predicted octanol–water partition coefficient (Wildman–Crippen LogP) is 0.459. The van der Waals surface area contributed by atoms with Crippen LogP contribution in [0.25, 0.3) is 0 Å². The van der Waals surface area contributed by atoms with Crippen LogP contribution in [0.3, 0.4) is 0 Å². The summed E-state index contributed by atoms with van der Waals surface area (Å²) in [5.74, 6) is -1.50. The van der Waals surface area contributed by atoms with E-state index in [2.05, 4.69) is 5.32 Å². The van der Waals surface area contributed by atoms with Gasteiger partial charge in [-0.05, 0) is 20.8 Å². The molecule has 0 aliphatic rings. The summed E-state index contributed by atoms with van der Waals surface area (Å²) in [5.41, 5.74) is 0. The minimum absolute atomic E-state index is 0.0493. The van der Waals surface area contributed by atoms with Gasteiger partial charge in [-0.25, -0.2) is 4.79 Å². The number of carbonyl (C=O) groups excluding carboxylic acids is 2. The first-order valence-corrected chi connectivity index (χ1v) is 6.76. The number of carbonyl (C=O) groups is 3. The van der Waals surface area contributed by atoms with E-state index in [0.717, 1.165) is 0 Å². The molecule has 0 radical (unpaired) electrons. The van der Waals surface area contributed by atoms with E-state index < -0.39 is 24.1 Å². The van der Waals surface area contributed by atoms with E-state index in [0.29, 0.717) is 0 Å². The standard InChI is InChI=1S/C13H24N2O6/c1-5-21-12(18)8-15(9(2)3)13(19)14-7-10(20-4)6-11(16)17/h9-10H,5-8H2,1-4H3,(H,14,19)(H,16,17). The molecule has 1 atom stereocenters. The van der Waals surface area contributed by atoms with Crippen LogP contribution in [0.4, 0.5) is 4.79 Å². The minimum Gasteiger partial charge on any atom is -0.481 e. The first kappa shape index (κ1) is 19.2. The van der Waals surface area contributed by atoms with E-state index in [-0.39, 0.29) is 32.2 Å². The Morgan fingerprint density at radius 2 is 1.90 bits per heavy atom. The fraction of sp³-hybridized carbons (Fsp3) is 0.769. The molecule has 2 amide bonds. The van der Waals surface area contributed by atoms with Crippen LogP contribution in [0.1, 0.15) is 27.2 Å². The van der Waals surface area contributed by atoms with Crippen molar-refractivity contribution < 1.29 is 29.0 Å². The number of urea groups is 1. The number of esters is 1. The number of nitrogens with one attached hydrogen (secondary N) is 1. The van der Waals surface area contributed by atoms with Gasteiger partial charge in [0.1, 0.15) is 6.54 Å². The smallest absolute Gasteiger partial charge is 0.325 e. The molecule has 8 heteroatoms. The highest BCUT2D eigenvalue weighted by Gasteiger charge is 2.22. The molecule has 0 aromatic rings. The molecule has 122 valence electrons. The Labute approximate surface area is 124 Å². The topological polar surface area (TPSA) is 105 Å². The molecule has 0 spiro atoms. The van der Waals surface area contributed by atoms with Gasteiger partial charge in [-0.2, -0.15) is 0 Å². The molecule has 0 saturated heterocycles. The molecule has 2 N–H and O–H groups in total. The largest absolute Gasteiger partial charge is 0.481 e. The van der Waals surface area contributed by atoms with Crippen LogP contribution in [0.2, 0.25) is 0 Å². The van der Waals surface area contributed by atoms with Crippen molar-refractivity contribution >= 4 is 18.0 Å². The lowest BCUT2D eigenvalue weighted by Crippen LogP contribution is -2.48.